The molecule has 0 saturated heterocycles. The average Bonchev–Trinajstić information content (AvgIpc) is 3.11. The SMILES string of the molecule is COc1cccc(NC(=O)c2ccc(CS(=O)c3ccc(Cl)cc3)o2)c1. The van der Waals surface area contributed by atoms with Gasteiger partial charge in [0.05, 0.1) is 23.7 Å². The van der Waals surface area contributed by atoms with Gasteiger partial charge in [-0.2, -0.15) is 0 Å². The molecule has 1 aromatic heterocycles. The Kier molecular flexibility index (Phi) is 5.75. The van der Waals surface area contributed by atoms with Crippen LogP contribution in [0.2, 0.25) is 5.02 Å². The number of carbonyl (C=O) groups is 1. The highest BCUT2D eigenvalue weighted by Gasteiger charge is 2.14. The van der Waals surface area contributed by atoms with Gasteiger partial charge in [0.1, 0.15) is 11.5 Å². The van der Waals surface area contributed by atoms with Gasteiger partial charge in [0.2, 0.25) is 0 Å². The second kappa shape index (κ2) is 8.21. The monoisotopic (exact) mass is 389 g/mol. The fraction of sp³-hybridized carbons (Fsp3) is 0.105. The van der Waals surface area contributed by atoms with Crippen molar-refractivity contribution in [2.75, 3.05) is 12.4 Å². The highest BCUT2D eigenvalue weighted by molar-refractivity contribution is 7.84. The number of hydrogen-bond acceptors (Lipinski definition) is 4. The smallest absolute Gasteiger partial charge is 0.291 e. The Hall–Kier alpha value is -2.57. The Bertz CT molecular complexity index is 937. The minimum Gasteiger partial charge on any atom is -0.497 e. The topological polar surface area (TPSA) is 68.5 Å². The summed E-state index contributed by atoms with van der Waals surface area (Å²) in [7, 11) is 0.271. The van der Waals surface area contributed by atoms with Crippen molar-refractivity contribution in [1.82, 2.24) is 0 Å². The van der Waals surface area contributed by atoms with Gasteiger partial charge in [0.25, 0.3) is 5.91 Å². The Morgan fingerprint density at radius 2 is 1.92 bits per heavy atom. The Morgan fingerprint density at radius 1 is 1.15 bits per heavy atom. The van der Waals surface area contributed by atoms with Crippen molar-refractivity contribution in [2.24, 2.45) is 0 Å². The second-order valence-corrected chi connectivity index (χ2v) is 7.28. The van der Waals surface area contributed by atoms with Crippen LogP contribution in [0.1, 0.15) is 16.3 Å². The molecule has 0 aliphatic heterocycles. The lowest BCUT2D eigenvalue weighted by atomic mass is 10.3. The van der Waals surface area contributed by atoms with Crippen LogP contribution in [0.25, 0.3) is 0 Å². The molecule has 26 heavy (non-hydrogen) atoms. The lowest BCUT2D eigenvalue weighted by Crippen LogP contribution is -2.10. The van der Waals surface area contributed by atoms with E-state index in [0.717, 1.165) is 0 Å². The van der Waals surface area contributed by atoms with Gasteiger partial charge in [0, 0.05) is 21.7 Å². The number of hydrogen-bond donors (Lipinski definition) is 1. The molecule has 0 fully saturated rings. The first kappa shape index (κ1) is 18.2. The molecule has 0 bridgehead atoms. The van der Waals surface area contributed by atoms with E-state index in [-0.39, 0.29) is 17.4 Å². The third-order valence-electron chi connectivity index (χ3n) is 3.56. The maximum atomic E-state index is 12.4. The Labute approximate surface area is 158 Å². The van der Waals surface area contributed by atoms with Gasteiger partial charge in [-0.3, -0.25) is 9.00 Å². The summed E-state index contributed by atoms with van der Waals surface area (Å²) in [5.41, 5.74) is 0.594. The molecular weight excluding hydrogens is 374 g/mol. The van der Waals surface area contributed by atoms with Crippen LogP contribution in [-0.4, -0.2) is 17.2 Å². The highest BCUT2D eigenvalue weighted by atomic mass is 35.5. The van der Waals surface area contributed by atoms with Crippen molar-refractivity contribution in [2.45, 2.75) is 10.6 Å². The van der Waals surface area contributed by atoms with Crippen molar-refractivity contribution < 1.29 is 18.2 Å². The van der Waals surface area contributed by atoms with Gasteiger partial charge in [-0.1, -0.05) is 17.7 Å². The van der Waals surface area contributed by atoms with E-state index in [1.807, 2.05) is 0 Å². The molecule has 0 spiro atoms. The maximum absolute atomic E-state index is 12.4. The maximum Gasteiger partial charge on any atom is 0.291 e. The zero-order valence-electron chi connectivity index (χ0n) is 13.9. The van der Waals surface area contributed by atoms with Gasteiger partial charge in [0.15, 0.2) is 5.76 Å². The number of benzene rings is 2. The summed E-state index contributed by atoms with van der Waals surface area (Å²) in [6.07, 6.45) is 0. The first-order chi connectivity index (χ1) is 12.5. The molecule has 3 aromatic rings. The van der Waals surface area contributed by atoms with Crippen LogP contribution in [0.3, 0.4) is 0 Å². The molecular formula is C19H16ClNO4S. The number of rotatable bonds is 6. The van der Waals surface area contributed by atoms with Gasteiger partial charge in [-0.05, 0) is 48.5 Å². The molecule has 0 radical (unpaired) electrons. The van der Waals surface area contributed by atoms with E-state index < -0.39 is 10.8 Å². The van der Waals surface area contributed by atoms with Crippen molar-refractivity contribution in [1.29, 1.82) is 0 Å². The number of anilines is 1. The molecule has 134 valence electrons. The zero-order valence-corrected chi connectivity index (χ0v) is 15.5. The fourth-order valence-corrected chi connectivity index (χ4v) is 3.42. The summed E-state index contributed by atoms with van der Waals surface area (Å²) in [6, 6.07) is 17.0. The number of carbonyl (C=O) groups excluding carboxylic acids is 1. The minimum absolute atomic E-state index is 0.149. The molecule has 3 rings (SSSR count). The van der Waals surface area contributed by atoms with Gasteiger partial charge in [-0.15, -0.1) is 0 Å². The number of furan rings is 1. The largest absolute Gasteiger partial charge is 0.497 e. The van der Waals surface area contributed by atoms with Crippen molar-refractivity contribution in [3.05, 3.63) is 77.2 Å². The lowest BCUT2D eigenvalue weighted by molar-refractivity contribution is 0.0995. The van der Waals surface area contributed by atoms with E-state index in [2.05, 4.69) is 5.32 Å². The van der Waals surface area contributed by atoms with Crippen LogP contribution in [-0.2, 0) is 16.6 Å². The van der Waals surface area contributed by atoms with E-state index in [0.29, 0.717) is 27.1 Å². The molecule has 1 heterocycles. The predicted molar refractivity (Wildman–Crippen MR) is 101 cm³/mol. The molecule has 7 heteroatoms. The average molecular weight is 390 g/mol. The lowest BCUT2D eigenvalue weighted by Gasteiger charge is -2.05. The van der Waals surface area contributed by atoms with Gasteiger partial charge in [-0.25, -0.2) is 0 Å². The van der Waals surface area contributed by atoms with Gasteiger partial charge >= 0.3 is 0 Å². The molecule has 0 aliphatic rings. The first-order valence-corrected chi connectivity index (χ1v) is 9.43. The number of nitrogens with one attached hydrogen (secondary N) is 1. The van der Waals surface area contributed by atoms with E-state index in [1.54, 1.807) is 67.8 Å². The van der Waals surface area contributed by atoms with Crippen LogP contribution in [0.4, 0.5) is 5.69 Å². The van der Waals surface area contributed by atoms with Gasteiger partial charge < -0.3 is 14.5 Å². The first-order valence-electron chi connectivity index (χ1n) is 7.73. The van der Waals surface area contributed by atoms with Crippen molar-refractivity contribution in [3.63, 3.8) is 0 Å². The zero-order chi connectivity index (χ0) is 18.5. The molecule has 1 amide bonds. The molecule has 0 saturated carbocycles. The highest BCUT2D eigenvalue weighted by Crippen LogP contribution is 2.20. The number of ether oxygens (including phenoxy) is 1. The summed E-state index contributed by atoms with van der Waals surface area (Å²) < 4.78 is 23.0. The molecule has 5 nitrogen and oxygen atoms in total. The van der Waals surface area contributed by atoms with Crippen molar-refractivity contribution in [3.8, 4) is 5.75 Å². The molecule has 1 atom stereocenters. The fourth-order valence-electron chi connectivity index (χ4n) is 2.27. The third-order valence-corrected chi connectivity index (χ3v) is 5.16. The van der Waals surface area contributed by atoms with E-state index in [1.165, 1.54) is 0 Å². The summed E-state index contributed by atoms with van der Waals surface area (Å²) in [6.45, 7) is 0. The summed E-state index contributed by atoms with van der Waals surface area (Å²) >= 11 is 5.83. The standard InChI is InChI=1S/C19H16ClNO4S/c1-24-15-4-2-3-14(11-15)21-19(22)18-10-7-16(25-18)12-26(23)17-8-5-13(20)6-9-17/h2-11H,12H2,1H3,(H,21,22). The van der Waals surface area contributed by atoms with Crippen LogP contribution in [0.5, 0.6) is 5.75 Å². The predicted octanol–water partition coefficient (Wildman–Crippen LogP) is 4.50. The molecule has 2 aromatic carbocycles. The minimum atomic E-state index is -1.29. The van der Waals surface area contributed by atoms with Crippen LogP contribution in [0.15, 0.2) is 70.0 Å². The molecule has 0 aliphatic carbocycles. The van der Waals surface area contributed by atoms with Crippen LogP contribution < -0.4 is 10.1 Å². The third kappa shape index (κ3) is 4.53. The normalized spacial score (nSPS) is 11.8. The van der Waals surface area contributed by atoms with Crippen LogP contribution >= 0.6 is 11.6 Å². The summed E-state index contributed by atoms with van der Waals surface area (Å²) in [4.78, 5) is 12.9. The quantitative estimate of drug-likeness (QED) is 0.673. The van der Waals surface area contributed by atoms with Crippen LogP contribution in [0, 0.1) is 0 Å². The number of methoxy groups -OCH3 is 1. The number of amides is 1. The molecule has 1 N–H and O–H groups in total. The Balaban J connectivity index is 1.65. The Morgan fingerprint density at radius 3 is 2.65 bits per heavy atom. The van der Waals surface area contributed by atoms with E-state index in [9.17, 15) is 9.00 Å². The van der Waals surface area contributed by atoms with E-state index in [4.69, 9.17) is 20.8 Å². The summed E-state index contributed by atoms with van der Waals surface area (Å²) in [5.74, 6) is 1.04. The van der Waals surface area contributed by atoms with E-state index >= 15 is 0 Å². The van der Waals surface area contributed by atoms with Crippen molar-refractivity contribution >= 4 is 34.0 Å². The number of halogens is 1. The molecule has 1 unspecified atom stereocenters. The second-order valence-electron chi connectivity index (χ2n) is 5.40. The summed E-state index contributed by atoms with van der Waals surface area (Å²) in [5, 5.41) is 3.32.